The zero-order chi connectivity index (χ0) is 20.3. The first-order chi connectivity index (χ1) is 13.2. The van der Waals surface area contributed by atoms with Crippen LogP contribution in [0, 0.1) is 0 Å². The lowest BCUT2D eigenvalue weighted by Gasteiger charge is -2.28. The fourth-order valence-corrected chi connectivity index (χ4v) is 3.44. The normalized spacial score (nSPS) is 16.9. The highest BCUT2D eigenvalue weighted by Crippen LogP contribution is 2.31. The number of aromatic nitrogens is 1. The fourth-order valence-electron chi connectivity index (χ4n) is 3.10. The van der Waals surface area contributed by atoms with Crippen LogP contribution in [0.3, 0.4) is 0 Å². The summed E-state index contributed by atoms with van der Waals surface area (Å²) in [7, 11) is 0. The van der Waals surface area contributed by atoms with Gasteiger partial charge in [-0.05, 0) is 57.4 Å². The van der Waals surface area contributed by atoms with Gasteiger partial charge < -0.3 is 14.4 Å². The van der Waals surface area contributed by atoms with Crippen LogP contribution in [0.25, 0.3) is 11.1 Å². The fraction of sp³-hybridized carbons (Fsp3) is 0.429. The molecule has 0 aliphatic carbocycles. The van der Waals surface area contributed by atoms with Gasteiger partial charge in [0.1, 0.15) is 23.1 Å². The quantitative estimate of drug-likeness (QED) is 0.581. The second-order valence-electron chi connectivity index (χ2n) is 7.80. The van der Waals surface area contributed by atoms with E-state index in [1.807, 2.05) is 39.0 Å². The Labute approximate surface area is 175 Å². The number of hydrogen-bond donors (Lipinski definition) is 0. The number of nitrogens with zero attached hydrogens (tertiary/aromatic N) is 2. The summed E-state index contributed by atoms with van der Waals surface area (Å²) in [6.45, 7) is 6.65. The Morgan fingerprint density at radius 3 is 2.64 bits per heavy atom. The first-order valence-corrected chi connectivity index (χ1v) is 10.0. The molecule has 3 rings (SSSR count). The van der Waals surface area contributed by atoms with Crippen LogP contribution >= 0.6 is 23.2 Å². The molecule has 0 bridgehead atoms. The largest absolute Gasteiger partial charge is 0.490 e. The van der Waals surface area contributed by atoms with Crippen molar-refractivity contribution in [3.05, 3.63) is 46.7 Å². The third-order valence-corrected chi connectivity index (χ3v) is 4.97. The highest BCUT2D eigenvalue weighted by molar-refractivity contribution is 6.32. The topological polar surface area (TPSA) is 51.7 Å². The molecule has 1 amide bonds. The predicted molar refractivity (Wildman–Crippen MR) is 111 cm³/mol. The molecule has 28 heavy (non-hydrogen) atoms. The molecule has 0 saturated carbocycles. The first kappa shape index (κ1) is 20.7. The Hall–Kier alpha value is -1.98. The average molecular weight is 423 g/mol. The van der Waals surface area contributed by atoms with Crippen molar-refractivity contribution in [2.45, 2.75) is 45.3 Å². The number of halogens is 2. The third kappa shape index (κ3) is 5.30. The molecule has 2 aromatic rings. The van der Waals surface area contributed by atoms with Gasteiger partial charge in [-0.15, -0.1) is 0 Å². The first-order valence-electron chi connectivity index (χ1n) is 9.27. The molecule has 0 spiro atoms. The second-order valence-corrected chi connectivity index (χ2v) is 8.59. The van der Waals surface area contributed by atoms with Crippen molar-refractivity contribution in [1.82, 2.24) is 9.88 Å². The molecule has 0 N–H and O–H groups in total. The van der Waals surface area contributed by atoms with E-state index in [-0.39, 0.29) is 12.1 Å². The van der Waals surface area contributed by atoms with Crippen LogP contribution in [-0.2, 0) is 4.74 Å². The second kappa shape index (κ2) is 8.58. The Morgan fingerprint density at radius 1 is 1.25 bits per heavy atom. The molecule has 0 radical (unpaired) electrons. The smallest absolute Gasteiger partial charge is 0.410 e. The number of rotatable bonds is 4. The van der Waals surface area contributed by atoms with E-state index < -0.39 is 5.60 Å². The van der Waals surface area contributed by atoms with Gasteiger partial charge in [-0.2, -0.15) is 0 Å². The van der Waals surface area contributed by atoms with E-state index in [1.165, 1.54) is 0 Å². The van der Waals surface area contributed by atoms with Crippen molar-refractivity contribution in [2.24, 2.45) is 0 Å². The van der Waals surface area contributed by atoms with E-state index in [1.54, 1.807) is 23.2 Å². The van der Waals surface area contributed by atoms with Crippen molar-refractivity contribution in [2.75, 3.05) is 13.2 Å². The number of carbonyl (C=O) groups excluding carboxylic acids is 1. The number of hydrogen-bond acceptors (Lipinski definition) is 4. The molecule has 5 nitrogen and oxygen atoms in total. The maximum Gasteiger partial charge on any atom is 0.410 e. The number of benzene rings is 1. The van der Waals surface area contributed by atoms with Crippen LogP contribution in [0.5, 0.6) is 5.75 Å². The van der Waals surface area contributed by atoms with Gasteiger partial charge in [0, 0.05) is 17.1 Å². The molecule has 1 saturated heterocycles. The van der Waals surface area contributed by atoms with Crippen LogP contribution in [0.15, 0.2) is 36.5 Å². The van der Waals surface area contributed by atoms with Crippen molar-refractivity contribution < 1.29 is 14.3 Å². The highest BCUT2D eigenvalue weighted by atomic mass is 35.5. The van der Waals surface area contributed by atoms with E-state index in [0.29, 0.717) is 29.1 Å². The molecule has 1 aromatic heterocycles. The Balaban J connectivity index is 1.68. The van der Waals surface area contributed by atoms with E-state index >= 15 is 0 Å². The van der Waals surface area contributed by atoms with Crippen LogP contribution in [0.2, 0.25) is 10.2 Å². The van der Waals surface area contributed by atoms with Crippen molar-refractivity contribution in [3.8, 4) is 16.9 Å². The molecule has 1 fully saturated rings. The average Bonchev–Trinajstić information content (AvgIpc) is 3.09. The van der Waals surface area contributed by atoms with Crippen LogP contribution in [-0.4, -0.2) is 40.8 Å². The number of pyridine rings is 1. The number of amides is 1. The minimum atomic E-state index is -0.515. The van der Waals surface area contributed by atoms with Gasteiger partial charge in [-0.1, -0.05) is 35.3 Å². The van der Waals surface area contributed by atoms with Gasteiger partial charge in [0.15, 0.2) is 0 Å². The third-order valence-electron chi connectivity index (χ3n) is 4.42. The number of carbonyl (C=O) groups is 1. The van der Waals surface area contributed by atoms with Gasteiger partial charge >= 0.3 is 6.09 Å². The summed E-state index contributed by atoms with van der Waals surface area (Å²) < 4.78 is 11.4. The maximum absolute atomic E-state index is 12.4. The van der Waals surface area contributed by atoms with E-state index in [0.717, 1.165) is 24.0 Å². The summed E-state index contributed by atoms with van der Waals surface area (Å²) in [6.07, 6.45) is 3.11. The van der Waals surface area contributed by atoms with Crippen molar-refractivity contribution >= 4 is 29.3 Å². The van der Waals surface area contributed by atoms with Crippen LogP contribution in [0.1, 0.15) is 33.6 Å². The Kier molecular flexibility index (Phi) is 6.36. The van der Waals surface area contributed by atoms with Gasteiger partial charge in [0.25, 0.3) is 0 Å². The minimum Gasteiger partial charge on any atom is -0.490 e. The zero-order valence-corrected chi connectivity index (χ0v) is 17.8. The Morgan fingerprint density at radius 2 is 1.96 bits per heavy atom. The zero-order valence-electron chi connectivity index (χ0n) is 16.2. The standard InChI is InChI=1S/C21H24Cl2N2O3/c1-21(2,3)28-20(26)25-10-4-5-16(25)13-27-17-11-18(19(23)24-12-17)14-6-8-15(22)9-7-14/h6-9,11-12,16H,4-5,10,13H2,1-3H3/t16-/m1/s1. The summed E-state index contributed by atoms with van der Waals surface area (Å²) in [6, 6.07) is 9.21. The highest BCUT2D eigenvalue weighted by Gasteiger charge is 2.32. The summed E-state index contributed by atoms with van der Waals surface area (Å²) in [4.78, 5) is 18.4. The van der Waals surface area contributed by atoms with Crippen molar-refractivity contribution in [3.63, 3.8) is 0 Å². The molecule has 1 aliphatic heterocycles. The molecule has 2 heterocycles. The molecule has 150 valence electrons. The summed E-state index contributed by atoms with van der Waals surface area (Å²) in [5.74, 6) is 0.602. The summed E-state index contributed by atoms with van der Waals surface area (Å²) in [5.41, 5.74) is 1.16. The van der Waals surface area contributed by atoms with E-state index in [2.05, 4.69) is 4.98 Å². The maximum atomic E-state index is 12.4. The van der Waals surface area contributed by atoms with E-state index in [9.17, 15) is 4.79 Å². The van der Waals surface area contributed by atoms with Gasteiger partial charge in [0.05, 0.1) is 12.2 Å². The van der Waals surface area contributed by atoms with Gasteiger partial charge in [-0.3, -0.25) is 0 Å². The number of likely N-dealkylation sites (tertiary alicyclic amines) is 1. The lowest BCUT2D eigenvalue weighted by Crippen LogP contribution is -2.42. The Bertz CT molecular complexity index is 835. The van der Waals surface area contributed by atoms with Gasteiger partial charge in [0.2, 0.25) is 0 Å². The molecule has 1 atom stereocenters. The molecular weight excluding hydrogens is 399 g/mol. The molecule has 1 aliphatic rings. The van der Waals surface area contributed by atoms with Gasteiger partial charge in [-0.25, -0.2) is 9.78 Å². The van der Waals surface area contributed by atoms with Crippen molar-refractivity contribution in [1.29, 1.82) is 0 Å². The van der Waals surface area contributed by atoms with Crippen LogP contribution in [0.4, 0.5) is 4.79 Å². The minimum absolute atomic E-state index is 0.0236. The lowest BCUT2D eigenvalue weighted by atomic mass is 10.1. The van der Waals surface area contributed by atoms with Crippen LogP contribution < -0.4 is 4.74 Å². The van der Waals surface area contributed by atoms with E-state index in [4.69, 9.17) is 32.7 Å². The molecule has 7 heteroatoms. The molecule has 1 aromatic carbocycles. The number of ether oxygens (including phenoxy) is 2. The monoisotopic (exact) mass is 422 g/mol. The summed E-state index contributed by atoms with van der Waals surface area (Å²) in [5, 5.41) is 1.05. The molecule has 0 unspecified atom stereocenters. The lowest BCUT2D eigenvalue weighted by molar-refractivity contribution is 0.0187. The SMILES string of the molecule is CC(C)(C)OC(=O)N1CCC[C@@H]1COc1cnc(Cl)c(-c2ccc(Cl)cc2)c1. The predicted octanol–water partition coefficient (Wildman–Crippen LogP) is 5.83. The summed E-state index contributed by atoms with van der Waals surface area (Å²) >= 11 is 12.2. The molecular formula is C21H24Cl2N2O3.